The number of rotatable bonds is 3. The molecule has 6 nitrogen and oxygen atoms in total. The van der Waals surface area contributed by atoms with Crippen molar-refractivity contribution in [3.63, 3.8) is 0 Å². The molecule has 1 aromatic heterocycles. The summed E-state index contributed by atoms with van der Waals surface area (Å²) >= 11 is 6.24. The van der Waals surface area contributed by atoms with Crippen molar-refractivity contribution in [2.75, 3.05) is 13.1 Å². The SMILES string of the molecule is O=C1NNCC(N2CCc3c(ncn3Cc3ccccc3C(F)(F)F)C2)C1Cl. The van der Waals surface area contributed by atoms with E-state index in [-0.39, 0.29) is 24.1 Å². The number of carbonyl (C=O) groups excluding carboxylic acids is 1. The molecular weight excluding hydrogens is 395 g/mol. The van der Waals surface area contributed by atoms with Crippen LogP contribution >= 0.6 is 11.6 Å². The number of amides is 1. The van der Waals surface area contributed by atoms with Gasteiger partial charge in [-0.1, -0.05) is 18.2 Å². The maximum atomic E-state index is 13.3. The lowest BCUT2D eigenvalue weighted by atomic mass is 10.0. The van der Waals surface area contributed by atoms with E-state index in [1.165, 1.54) is 12.1 Å². The van der Waals surface area contributed by atoms with E-state index in [4.69, 9.17) is 11.6 Å². The zero-order valence-electron chi connectivity index (χ0n) is 14.8. The van der Waals surface area contributed by atoms with Gasteiger partial charge in [0.2, 0.25) is 0 Å². The molecule has 1 saturated heterocycles. The van der Waals surface area contributed by atoms with Gasteiger partial charge in [-0.05, 0) is 11.6 Å². The van der Waals surface area contributed by atoms with Gasteiger partial charge in [0.1, 0.15) is 5.38 Å². The van der Waals surface area contributed by atoms with E-state index >= 15 is 0 Å². The second-order valence-corrected chi connectivity index (χ2v) is 7.45. The first-order chi connectivity index (χ1) is 13.3. The molecule has 2 atom stereocenters. The van der Waals surface area contributed by atoms with Crippen LogP contribution in [0.15, 0.2) is 30.6 Å². The van der Waals surface area contributed by atoms with Gasteiger partial charge in [0.15, 0.2) is 0 Å². The molecule has 3 heterocycles. The van der Waals surface area contributed by atoms with Crippen molar-refractivity contribution in [2.45, 2.75) is 37.1 Å². The molecule has 10 heteroatoms. The minimum absolute atomic E-state index is 0.115. The van der Waals surface area contributed by atoms with Crippen molar-refractivity contribution in [3.05, 3.63) is 53.1 Å². The van der Waals surface area contributed by atoms with E-state index in [2.05, 4.69) is 20.7 Å². The standard InChI is InChI=1S/C18H19ClF3N5O/c19-16-15(7-24-25-17(16)28)26-6-5-14-13(9-26)23-10-27(14)8-11-3-1-2-4-12(11)18(20,21)22/h1-4,10,15-16,24H,5-9H2,(H,25,28). The van der Waals surface area contributed by atoms with E-state index in [0.717, 1.165) is 17.5 Å². The third kappa shape index (κ3) is 3.61. The molecule has 0 aliphatic carbocycles. The molecule has 2 N–H and O–H groups in total. The fourth-order valence-corrected chi connectivity index (χ4v) is 4.13. The van der Waals surface area contributed by atoms with Crippen LogP contribution in [-0.4, -0.2) is 44.9 Å². The molecule has 0 spiro atoms. The van der Waals surface area contributed by atoms with Crippen LogP contribution in [0, 0.1) is 0 Å². The van der Waals surface area contributed by atoms with Crippen LogP contribution in [0.5, 0.6) is 0 Å². The van der Waals surface area contributed by atoms with Gasteiger partial charge in [-0.2, -0.15) is 13.2 Å². The molecule has 0 bridgehead atoms. The second kappa shape index (κ2) is 7.38. The van der Waals surface area contributed by atoms with Gasteiger partial charge in [0.25, 0.3) is 5.91 Å². The first-order valence-corrected chi connectivity index (χ1v) is 9.37. The minimum Gasteiger partial charge on any atom is -0.330 e. The molecule has 0 radical (unpaired) electrons. The summed E-state index contributed by atoms with van der Waals surface area (Å²) in [6, 6.07) is 5.43. The van der Waals surface area contributed by atoms with Gasteiger partial charge >= 0.3 is 6.18 Å². The maximum Gasteiger partial charge on any atom is 0.416 e. The summed E-state index contributed by atoms with van der Waals surface area (Å²) in [4.78, 5) is 18.3. The van der Waals surface area contributed by atoms with E-state index < -0.39 is 17.1 Å². The number of fused-ring (bicyclic) bond motifs is 1. The normalized spacial score (nSPS) is 23.4. The fraction of sp³-hybridized carbons (Fsp3) is 0.444. The predicted molar refractivity (Wildman–Crippen MR) is 96.5 cm³/mol. The third-order valence-corrected chi connectivity index (χ3v) is 5.75. The lowest BCUT2D eigenvalue weighted by Crippen LogP contribution is -2.62. The summed E-state index contributed by atoms with van der Waals surface area (Å²) in [7, 11) is 0. The number of nitrogens with zero attached hydrogens (tertiary/aromatic N) is 3. The predicted octanol–water partition coefficient (Wildman–Crippen LogP) is 1.92. The van der Waals surface area contributed by atoms with Gasteiger partial charge in [-0.3, -0.25) is 15.1 Å². The fourth-order valence-electron chi connectivity index (χ4n) is 3.83. The number of hydrazine groups is 1. The zero-order valence-corrected chi connectivity index (χ0v) is 15.6. The summed E-state index contributed by atoms with van der Waals surface area (Å²) in [6.07, 6.45) is -2.17. The molecule has 2 aliphatic rings. The summed E-state index contributed by atoms with van der Waals surface area (Å²) < 4.78 is 41.6. The van der Waals surface area contributed by atoms with E-state index in [0.29, 0.717) is 26.1 Å². The summed E-state index contributed by atoms with van der Waals surface area (Å²) in [5, 5.41) is -0.663. The molecule has 0 saturated carbocycles. The monoisotopic (exact) mass is 413 g/mol. The Labute approximate surface area is 164 Å². The number of carbonyl (C=O) groups is 1. The Morgan fingerprint density at radius 2 is 2.07 bits per heavy atom. The highest BCUT2D eigenvalue weighted by molar-refractivity contribution is 6.31. The highest BCUT2D eigenvalue weighted by Gasteiger charge is 2.37. The van der Waals surface area contributed by atoms with Gasteiger partial charge in [-0.25, -0.2) is 10.4 Å². The lowest BCUT2D eigenvalue weighted by Gasteiger charge is -2.38. The van der Waals surface area contributed by atoms with Crippen LogP contribution in [0.2, 0.25) is 0 Å². The molecular formula is C18H19ClF3N5O. The topological polar surface area (TPSA) is 62.2 Å². The van der Waals surface area contributed by atoms with Crippen LogP contribution < -0.4 is 10.9 Å². The number of nitrogens with one attached hydrogen (secondary N) is 2. The third-order valence-electron chi connectivity index (χ3n) is 5.26. The van der Waals surface area contributed by atoms with Gasteiger partial charge in [-0.15, -0.1) is 11.6 Å². The smallest absolute Gasteiger partial charge is 0.330 e. The Hall–Kier alpha value is -2.10. The molecule has 2 unspecified atom stereocenters. The van der Waals surface area contributed by atoms with E-state index in [1.54, 1.807) is 17.0 Å². The molecule has 28 heavy (non-hydrogen) atoms. The highest BCUT2D eigenvalue weighted by Crippen LogP contribution is 2.33. The van der Waals surface area contributed by atoms with Crippen LogP contribution in [-0.2, 0) is 30.5 Å². The van der Waals surface area contributed by atoms with Crippen molar-refractivity contribution in [1.82, 2.24) is 25.3 Å². The van der Waals surface area contributed by atoms with Crippen LogP contribution in [0.3, 0.4) is 0 Å². The average molecular weight is 414 g/mol. The number of hydrogen-bond acceptors (Lipinski definition) is 4. The van der Waals surface area contributed by atoms with Crippen molar-refractivity contribution in [3.8, 4) is 0 Å². The summed E-state index contributed by atoms with van der Waals surface area (Å²) in [6.45, 7) is 1.80. The number of aromatic nitrogens is 2. The van der Waals surface area contributed by atoms with Crippen molar-refractivity contribution in [1.29, 1.82) is 0 Å². The molecule has 1 aromatic carbocycles. The maximum absolute atomic E-state index is 13.3. The first-order valence-electron chi connectivity index (χ1n) is 8.93. The van der Waals surface area contributed by atoms with Gasteiger partial charge < -0.3 is 4.57 Å². The first kappa shape index (κ1) is 19.2. The minimum atomic E-state index is -4.39. The number of hydrogen-bond donors (Lipinski definition) is 2. The Morgan fingerprint density at radius 1 is 1.29 bits per heavy atom. The molecule has 2 aliphatic heterocycles. The van der Waals surface area contributed by atoms with Gasteiger partial charge in [0, 0.05) is 44.3 Å². The van der Waals surface area contributed by atoms with Crippen molar-refractivity contribution in [2.24, 2.45) is 0 Å². The molecule has 2 aromatic rings. The molecule has 1 fully saturated rings. The Kier molecular flexibility index (Phi) is 5.07. The lowest BCUT2D eigenvalue weighted by molar-refractivity contribution is -0.138. The zero-order chi connectivity index (χ0) is 19.9. The van der Waals surface area contributed by atoms with E-state index in [9.17, 15) is 18.0 Å². The largest absolute Gasteiger partial charge is 0.416 e. The quantitative estimate of drug-likeness (QED) is 0.755. The Balaban J connectivity index is 1.53. The Morgan fingerprint density at radius 3 is 2.86 bits per heavy atom. The summed E-state index contributed by atoms with van der Waals surface area (Å²) in [5.74, 6) is -0.266. The van der Waals surface area contributed by atoms with Gasteiger partial charge in [0.05, 0.1) is 17.6 Å². The van der Waals surface area contributed by atoms with E-state index in [1.807, 2.05) is 0 Å². The second-order valence-electron chi connectivity index (χ2n) is 6.98. The molecule has 1 amide bonds. The number of imidazole rings is 1. The summed E-state index contributed by atoms with van der Waals surface area (Å²) in [5.41, 5.74) is 6.67. The average Bonchev–Trinajstić information content (AvgIpc) is 3.06. The molecule has 4 rings (SSSR count). The highest BCUT2D eigenvalue weighted by atomic mass is 35.5. The molecule has 150 valence electrons. The van der Waals surface area contributed by atoms with Crippen LogP contribution in [0.1, 0.15) is 22.5 Å². The number of benzene rings is 1. The van der Waals surface area contributed by atoms with Crippen molar-refractivity contribution >= 4 is 17.5 Å². The number of alkyl halides is 4. The van der Waals surface area contributed by atoms with Crippen LogP contribution in [0.25, 0.3) is 0 Å². The van der Waals surface area contributed by atoms with Crippen LogP contribution in [0.4, 0.5) is 13.2 Å². The number of halogens is 4. The Bertz CT molecular complexity index is 884. The van der Waals surface area contributed by atoms with Crippen molar-refractivity contribution < 1.29 is 18.0 Å².